The zero-order valence-electron chi connectivity index (χ0n) is 7.86. The van der Waals surface area contributed by atoms with Crippen LogP contribution in [0, 0.1) is 5.41 Å². The molecule has 80 valence electrons. The Bertz CT molecular complexity index is 238. The van der Waals surface area contributed by atoms with Crippen LogP contribution in [0.2, 0.25) is 0 Å². The lowest BCUT2D eigenvalue weighted by Crippen LogP contribution is -2.54. The van der Waals surface area contributed by atoms with Gasteiger partial charge in [0.15, 0.2) is 0 Å². The van der Waals surface area contributed by atoms with Crippen molar-refractivity contribution in [3.05, 3.63) is 0 Å². The van der Waals surface area contributed by atoms with Crippen LogP contribution in [0.5, 0.6) is 0 Å². The maximum absolute atomic E-state index is 11.2. The Morgan fingerprint density at radius 2 is 1.79 bits per heavy atom. The van der Waals surface area contributed by atoms with Crippen molar-refractivity contribution in [3.63, 3.8) is 0 Å². The molecule has 2 N–H and O–H groups in total. The third-order valence-corrected chi connectivity index (χ3v) is 3.32. The van der Waals surface area contributed by atoms with E-state index in [0.717, 1.165) is 0 Å². The van der Waals surface area contributed by atoms with Crippen LogP contribution in [0.15, 0.2) is 0 Å². The lowest BCUT2D eigenvalue weighted by atomic mass is 9.70. The van der Waals surface area contributed by atoms with Crippen molar-refractivity contribution in [2.75, 3.05) is 26.4 Å². The predicted octanol–water partition coefficient (Wildman–Crippen LogP) is -0.371. The highest BCUT2D eigenvalue weighted by Gasteiger charge is 2.59. The van der Waals surface area contributed by atoms with E-state index in [2.05, 4.69) is 0 Å². The second kappa shape index (κ2) is 3.18. The van der Waals surface area contributed by atoms with E-state index in [-0.39, 0.29) is 13.2 Å². The molecule has 0 aliphatic carbocycles. The molecule has 0 saturated carbocycles. The molecule has 2 rings (SSSR count). The molecule has 5 nitrogen and oxygen atoms in total. The number of rotatable bonds is 2. The second-order valence-electron chi connectivity index (χ2n) is 4.02. The van der Waals surface area contributed by atoms with Crippen molar-refractivity contribution in [1.29, 1.82) is 0 Å². The van der Waals surface area contributed by atoms with Crippen LogP contribution < -0.4 is 0 Å². The molecule has 2 unspecified atom stereocenters. The number of hydrogen-bond acceptors (Lipinski definition) is 4. The molecule has 0 bridgehead atoms. The number of carboxylic acids is 1. The summed E-state index contributed by atoms with van der Waals surface area (Å²) >= 11 is 0. The minimum Gasteiger partial charge on any atom is -0.481 e. The van der Waals surface area contributed by atoms with Gasteiger partial charge in [0.2, 0.25) is 0 Å². The summed E-state index contributed by atoms with van der Waals surface area (Å²) in [5.74, 6) is -0.983. The van der Waals surface area contributed by atoms with Gasteiger partial charge in [0.1, 0.15) is 11.0 Å². The molecule has 0 aromatic heterocycles. The van der Waals surface area contributed by atoms with Gasteiger partial charge in [-0.1, -0.05) is 0 Å². The largest absolute Gasteiger partial charge is 0.481 e. The highest BCUT2D eigenvalue weighted by molar-refractivity contribution is 5.77. The smallest absolute Gasteiger partial charge is 0.315 e. The predicted molar refractivity (Wildman–Crippen MR) is 45.9 cm³/mol. The maximum atomic E-state index is 11.2. The maximum Gasteiger partial charge on any atom is 0.315 e. The van der Waals surface area contributed by atoms with E-state index in [1.165, 1.54) is 0 Å². The van der Waals surface area contributed by atoms with Gasteiger partial charge in [-0.3, -0.25) is 4.79 Å². The van der Waals surface area contributed by atoms with Crippen LogP contribution in [-0.2, 0) is 14.3 Å². The Balaban J connectivity index is 2.30. The Kier molecular flexibility index (Phi) is 2.25. The molecule has 5 heteroatoms. The van der Waals surface area contributed by atoms with Crippen molar-refractivity contribution in [3.8, 4) is 0 Å². The topological polar surface area (TPSA) is 76.0 Å². The van der Waals surface area contributed by atoms with E-state index in [9.17, 15) is 15.0 Å². The summed E-state index contributed by atoms with van der Waals surface area (Å²) < 4.78 is 10.2. The summed E-state index contributed by atoms with van der Waals surface area (Å²) in [7, 11) is 0. The molecule has 2 atom stereocenters. The van der Waals surface area contributed by atoms with Crippen LogP contribution in [0.3, 0.4) is 0 Å². The fourth-order valence-corrected chi connectivity index (χ4v) is 2.23. The Labute approximate surface area is 81.6 Å². The van der Waals surface area contributed by atoms with Gasteiger partial charge in [-0.2, -0.15) is 0 Å². The Hall–Kier alpha value is -0.650. The highest BCUT2D eigenvalue weighted by atomic mass is 16.5. The first kappa shape index (κ1) is 9.89. The van der Waals surface area contributed by atoms with E-state index in [4.69, 9.17) is 9.47 Å². The first-order valence-corrected chi connectivity index (χ1v) is 4.72. The van der Waals surface area contributed by atoms with Gasteiger partial charge in [-0.05, 0) is 6.42 Å². The van der Waals surface area contributed by atoms with E-state index in [1.807, 2.05) is 0 Å². The van der Waals surface area contributed by atoms with E-state index in [0.29, 0.717) is 26.1 Å². The molecule has 2 aliphatic rings. The monoisotopic (exact) mass is 202 g/mol. The molecule has 0 spiro atoms. The fraction of sp³-hybridized carbons (Fsp3) is 0.889. The van der Waals surface area contributed by atoms with Gasteiger partial charge in [0.05, 0.1) is 13.2 Å². The van der Waals surface area contributed by atoms with Crippen LogP contribution in [0.1, 0.15) is 12.8 Å². The summed E-state index contributed by atoms with van der Waals surface area (Å²) in [5.41, 5.74) is -2.42. The molecule has 0 aromatic carbocycles. The van der Waals surface area contributed by atoms with E-state index < -0.39 is 17.0 Å². The van der Waals surface area contributed by atoms with Gasteiger partial charge < -0.3 is 19.7 Å². The minimum atomic E-state index is -1.25. The molecule has 0 amide bonds. The van der Waals surface area contributed by atoms with E-state index in [1.54, 1.807) is 0 Å². The lowest BCUT2D eigenvalue weighted by Gasteiger charge is -2.36. The van der Waals surface area contributed by atoms with Crippen LogP contribution in [0.4, 0.5) is 0 Å². The normalized spacial score (nSPS) is 42.9. The number of hydrogen-bond donors (Lipinski definition) is 2. The lowest BCUT2D eigenvalue weighted by molar-refractivity contribution is -0.169. The number of aliphatic hydroxyl groups is 1. The van der Waals surface area contributed by atoms with Crippen molar-refractivity contribution in [2.45, 2.75) is 18.4 Å². The summed E-state index contributed by atoms with van der Waals surface area (Å²) in [6.45, 7) is 1.00. The quantitative estimate of drug-likeness (QED) is 0.639. The zero-order valence-corrected chi connectivity index (χ0v) is 7.86. The number of carbonyl (C=O) groups is 1. The molecule has 2 aliphatic heterocycles. The third kappa shape index (κ3) is 1.16. The molecular weight excluding hydrogens is 188 g/mol. The molecule has 0 aromatic rings. The Morgan fingerprint density at radius 3 is 2.21 bits per heavy atom. The number of ether oxygens (including phenoxy) is 2. The number of carboxylic acid groups (broad SMARTS) is 1. The van der Waals surface area contributed by atoms with Gasteiger partial charge in [0, 0.05) is 19.6 Å². The summed E-state index contributed by atoms with van der Waals surface area (Å²) in [6, 6.07) is 0. The summed E-state index contributed by atoms with van der Waals surface area (Å²) in [4.78, 5) is 11.2. The van der Waals surface area contributed by atoms with Gasteiger partial charge in [-0.25, -0.2) is 0 Å². The minimum absolute atomic E-state index is 0.0855. The standard InChI is InChI=1S/C9H14O5/c10-7(11)8(1-3-13-5-8)9(12)2-4-14-6-9/h12H,1-6H2,(H,10,11). The van der Waals surface area contributed by atoms with Crippen molar-refractivity contribution >= 4 is 5.97 Å². The van der Waals surface area contributed by atoms with Gasteiger partial charge >= 0.3 is 5.97 Å². The third-order valence-electron chi connectivity index (χ3n) is 3.32. The molecular formula is C9H14O5. The molecule has 2 fully saturated rings. The van der Waals surface area contributed by atoms with Crippen molar-refractivity contribution in [2.24, 2.45) is 5.41 Å². The molecule has 0 radical (unpaired) electrons. The van der Waals surface area contributed by atoms with Gasteiger partial charge in [0.25, 0.3) is 0 Å². The molecule has 2 heterocycles. The van der Waals surface area contributed by atoms with Gasteiger partial charge in [-0.15, -0.1) is 0 Å². The van der Waals surface area contributed by atoms with Crippen molar-refractivity contribution < 1.29 is 24.5 Å². The first-order valence-electron chi connectivity index (χ1n) is 4.72. The SMILES string of the molecule is O=C(O)C1(C2(O)CCOC2)CCOC1. The summed E-state index contributed by atoms with van der Waals surface area (Å²) in [6.07, 6.45) is 0.741. The van der Waals surface area contributed by atoms with Crippen LogP contribution >= 0.6 is 0 Å². The highest BCUT2D eigenvalue weighted by Crippen LogP contribution is 2.44. The zero-order chi connectivity index (χ0) is 10.2. The Morgan fingerprint density at radius 1 is 1.14 bits per heavy atom. The van der Waals surface area contributed by atoms with Crippen LogP contribution in [-0.4, -0.2) is 48.2 Å². The molecule has 2 saturated heterocycles. The average Bonchev–Trinajstić information content (AvgIpc) is 2.72. The summed E-state index contributed by atoms with van der Waals surface area (Å²) in [5, 5.41) is 19.4. The average molecular weight is 202 g/mol. The van der Waals surface area contributed by atoms with Crippen molar-refractivity contribution in [1.82, 2.24) is 0 Å². The van der Waals surface area contributed by atoms with E-state index >= 15 is 0 Å². The molecule has 14 heavy (non-hydrogen) atoms. The fourth-order valence-electron chi connectivity index (χ4n) is 2.23. The number of aliphatic carboxylic acids is 1. The first-order chi connectivity index (χ1) is 6.61. The second-order valence-corrected chi connectivity index (χ2v) is 4.02. The van der Waals surface area contributed by atoms with Crippen LogP contribution in [0.25, 0.3) is 0 Å².